The number of nitrogen functional groups attached to an aromatic ring is 2. The number of para-hydroxylation sites is 1. The molecular weight excluding hydrogens is 473 g/mol. The van der Waals surface area contributed by atoms with Crippen LogP contribution in [0.5, 0.6) is 0 Å². The van der Waals surface area contributed by atoms with E-state index in [1.165, 1.54) is 18.2 Å². The molecule has 0 aliphatic heterocycles. The summed E-state index contributed by atoms with van der Waals surface area (Å²) >= 11 is 3.27. The second-order valence-corrected chi connectivity index (χ2v) is 7.90. The van der Waals surface area contributed by atoms with Crippen molar-refractivity contribution in [1.29, 1.82) is 0 Å². The summed E-state index contributed by atoms with van der Waals surface area (Å²) in [6.07, 6.45) is -4.78. The first kappa shape index (κ1) is 22.6. The molecule has 0 saturated carbocycles. The molecule has 0 spiro atoms. The number of rotatable bonds is 6. The summed E-state index contributed by atoms with van der Waals surface area (Å²) < 4.78 is 39.5. The van der Waals surface area contributed by atoms with Gasteiger partial charge in [0.2, 0.25) is 0 Å². The molecule has 0 saturated heterocycles. The van der Waals surface area contributed by atoms with E-state index in [-0.39, 0.29) is 34.5 Å². The Morgan fingerprint density at radius 1 is 0.871 bits per heavy atom. The molecule has 0 aliphatic rings. The Balaban J connectivity index is 2.02. The monoisotopic (exact) mass is 490 g/mol. The van der Waals surface area contributed by atoms with Crippen LogP contribution in [0.15, 0.2) is 71.2 Å². The summed E-state index contributed by atoms with van der Waals surface area (Å²) in [5, 5.41) is 0. The molecule has 31 heavy (non-hydrogen) atoms. The lowest BCUT2D eigenvalue weighted by Crippen LogP contribution is -2.19. The Kier molecular flexibility index (Phi) is 6.50. The Morgan fingerprint density at radius 2 is 1.52 bits per heavy atom. The minimum absolute atomic E-state index is 0.182. The SMILES string of the molecule is Nc1ccccc1C(=O)CC(C(=O)c1ccc(Br)cc1N)c1ccc(C(F)(F)F)cc1. The minimum Gasteiger partial charge on any atom is -0.398 e. The number of carbonyl (C=O) groups is 2. The van der Waals surface area contributed by atoms with Crippen LogP contribution in [0.4, 0.5) is 24.5 Å². The van der Waals surface area contributed by atoms with Crippen molar-refractivity contribution >= 4 is 38.9 Å². The van der Waals surface area contributed by atoms with Crippen molar-refractivity contribution in [2.45, 2.75) is 18.5 Å². The van der Waals surface area contributed by atoms with Crippen molar-refractivity contribution in [3.8, 4) is 0 Å². The number of halogens is 4. The van der Waals surface area contributed by atoms with E-state index in [0.29, 0.717) is 4.47 Å². The van der Waals surface area contributed by atoms with E-state index in [1.54, 1.807) is 36.4 Å². The Labute approximate surface area is 185 Å². The summed E-state index contributed by atoms with van der Waals surface area (Å²) in [5.41, 5.74) is 12.2. The molecule has 3 rings (SSSR count). The lowest BCUT2D eigenvalue weighted by atomic mass is 9.84. The zero-order chi connectivity index (χ0) is 22.8. The van der Waals surface area contributed by atoms with Gasteiger partial charge in [-0.25, -0.2) is 0 Å². The first-order chi connectivity index (χ1) is 14.6. The van der Waals surface area contributed by atoms with E-state index < -0.39 is 29.2 Å². The normalized spacial score (nSPS) is 12.4. The van der Waals surface area contributed by atoms with E-state index >= 15 is 0 Å². The van der Waals surface area contributed by atoms with Gasteiger partial charge in [-0.15, -0.1) is 0 Å². The fourth-order valence-electron chi connectivity index (χ4n) is 3.26. The molecule has 1 atom stereocenters. The number of Topliss-reactive ketones (excluding diaryl/α,β-unsaturated/α-hetero) is 2. The third-order valence-electron chi connectivity index (χ3n) is 4.89. The van der Waals surface area contributed by atoms with Gasteiger partial charge < -0.3 is 11.5 Å². The van der Waals surface area contributed by atoms with E-state index in [9.17, 15) is 22.8 Å². The quantitative estimate of drug-likeness (QED) is 0.334. The molecule has 0 fully saturated rings. The first-order valence-electron chi connectivity index (χ1n) is 9.22. The lowest BCUT2D eigenvalue weighted by Gasteiger charge is -2.18. The van der Waals surface area contributed by atoms with Gasteiger partial charge in [-0.2, -0.15) is 13.2 Å². The lowest BCUT2D eigenvalue weighted by molar-refractivity contribution is -0.137. The van der Waals surface area contributed by atoms with Crippen LogP contribution < -0.4 is 11.5 Å². The number of alkyl halides is 3. The van der Waals surface area contributed by atoms with Crippen LogP contribution in [0.2, 0.25) is 0 Å². The van der Waals surface area contributed by atoms with E-state index in [0.717, 1.165) is 12.1 Å². The fourth-order valence-corrected chi connectivity index (χ4v) is 3.64. The molecular formula is C23H18BrF3N2O2. The van der Waals surface area contributed by atoms with Gasteiger partial charge >= 0.3 is 6.18 Å². The maximum Gasteiger partial charge on any atom is 0.416 e. The molecule has 0 radical (unpaired) electrons. The summed E-state index contributed by atoms with van der Waals surface area (Å²) in [7, 11) is 0. The average molecular weight is 491 g/mol. The molecule has 3 aromatic rings. The van der Waals surface area contributed by atoms with Gasteiger partial charge in [0.05, 0.1) is 11.5 Å². The molecule has 4 N–H and O–H groups in total. The van der Waals surface area contributed by atoms with E-state index in [4.69, 9.17) is 11.5 Å². The van der Waals surface area contributed by atoms with Gasteiger partial charge in [-0.3, -0.25) is 9.59 Å². The van der Waals surface area contributed by atoms with Gasteiger partial charge in [0, 0.05) is 33.4 Å². The molecule has 1 unspecified atom stereocenters. The Hall–Kier alpha value is -3.13. The van der Waals surface area contributed by atoms with Crippen molar-refractivity contribution in [2.24, 2.45) is 0 Å². The number of carbonyl (C=O) groups excluding carboxylic acids is 2. The second kappa shape index (κ2) is 8.93. The van der Waals surface area contributed by atoms with Gasteiger partial charge in [0.15, 0.2) is 11.6 Å². The molecule has 0 aliphatic carbocycles. The molecule has 3 aromatic carbocycles. The smallest absolute Gasteiger partial charge is 0.398 e. The summed E-state index contributed by atoms with van der Waals surface area (Å²) in [5.74, 6) is -1.89. The van der Waals surface area contributed by atoms with Crippen LogP contribution in [-0.2, 0) is 6.18 Å². The Morgan fingerprint density at radius 3 is 2.10 bits per heavy atom. The third kappa shape index (κ3) is 5.14. The van der Waals surface area contributed by atoms with Crippen LogP contribution in [-0.4, -0.2) is 11.6 Å². The second-order valence-electron chi connectivity index (χ2n) is 6.98. The van der Waals surface area contributed by atoms with Crippen molar-refractivity contribution < 1.29 is 22.8 Å². The van der Waals surface area contributed by atoms with Crippen molar-refractivity contribution in [2.75, 3.05) is 11.5 Å². The highest BCUT2D eigenvalue weighted by molar-refractivity contribution is 9.10. The van der Waals surface area contributed by atoms with E-state index in [1.807, 2.05) is 0 Å². The van der Waals surface area contributed by atoms with Crippen LogP contribution in [0.25, 0.3) is 0 Å². The zero-order valence-electron chi connectivity index (χ0n) is 16.1. The number of anilines is 2. The first-order valence-corrected chi connectivity index (χ1v) is 10.0. The van der Waals surface area contributed by atoms with Crippen LogP contribution in [0.3, 0.4) is 0 Å². The van der Waals surface area contributed by atoms with Crippen molar-refractivity contribution in [3.05, 3.63) is 93.5 Å². The third-order valence-corrected chi connectivity index (χ3v) is 5.38. The fraction of sp³-hybridized carbons (Fsp3) is 0.130. The average Bonchev–Trinajstić information content (AvgIpc) is 2.71. The van der Waals surface area contributed by atoms with Crippen LogP contribution in [0, 0.1) is 0 Å². The number of hydrogen-bond acceptors (Lipinski definition) is 4. The summed E-state index contributed by atoms with van der Waals surface area (Å²) in [4.78, 5) is 26.2. The topological polar surface area (TPSA) is 86.2 Å². The van der Waals surface area contributed by atoms with Crippen LogP contribution >= 0.6 is 15.9 Å². The predicted octanol–water partition coefficient (Wildman–Crippen LogP) is 5.87. The van der Waals surface area contributed by atoms with Gasteiger partial charge in [0.1, 0.15) is 0 Å². The predicted molar refractivity (Wildman–Crippen MR) is 117 cm³/mol. The summed E-state index contributed by atoms with van der Waals surface area (Å²) in [6, 6.07) is 15.3. The maximum absolute atomic E-state index is 13.3. The summed E-state index contributed by atoms with van der Waals surface area (Å²) in [6.45, 7) is 0. The molecule has 0 bridgehead atoms. The molecule has 160 valence electrons. The van der Waals surface area contributed by atoms with Crippen LogP contribution in [0.1, 0.15) is 44.2 Å². The highest BCUT2D eigenvalue weighted by Gasteiger charge is 2.32. The maximum atomic E-state index is 13.3. The Bertz CT molecular complexity index is 1130. The number of ketones is 2. The van der Waals surface area contributed by atoms with Gasteiger partial charge in [0.25, 0.3) is 0 Å². The van der Waals surface area contributed by atoms with Gasteiger partial charge in [-0.05, 0) is 48.0 Å². The highest BCUT2D eigenvalue weighted by atomic mass is 79.9. The van der Waals surface area contributed by atoms with Crippen molar-refractivity contribution in [3.63, 3.8) is 0 Å². The number of benzene rings is 3. The molecule has 4 nitrogen and oxygen atoms in total. The number of nitrogens with two attached hydrogens (primary N) is 2. The zero-order valence-corrected chi connectivity index (χ0v) is 17.7. The largest absolute Gasteiger partial charge is 0.416 e. The molecule has 0 aromatic heterocycles. The minimum atomic E-state index is -4.51. The highest BCUT2D eigenvalue weighted by Crippen LogP contribution is 2.34. The number of hydrogen-bond donors (Lipinski definition) is 2. The van der Waals surface area contributed by atoms with E-state index in [2.05, 4.69) is 15.9 Å². The molecule has 0 heterocycles. The molecule has 0 amide bonds. The van der Waals surface area contributed by atoms with Crippen molar-refractivity contribution in [1.82, 2.24) is 0 Å². The van der Waals surface area contributed by atoms with Gasteiger partial charge in [-0.1, -0.05) is 40.2 Å². The molecule has 8 heteroatoms. The standard InChI is InChI=1S/C23H18BrF3N2O2/c24-15-9-10-17(20(29)11-15)22(31)18(12-21(30)16-3-1-2-4-19(16)28)13-5-7-14(8-6-13)23(25,26)27/h1-11,18H,12,28-29H2.